The van der Waals surface area contributed by atoms with Gasteiger partial charge in [0.2, 0.25) is 0 Å². The molecule has 1 amide bonds. The fourth-order valence-electron chi connectivity index (χ4n) is 8.33. The van der Waals surface area contributed by atoms with Crippen LogP contribution in [0, 0.1) is 16.7 Å². The van der Waals surface area contributed by atoms with Gasteiger partial charge < -0.3 is 39.2 Å². The number of Topliss-reactive ketones (excluding diaryl/α,β-unsaturated/α-hetero) is 1. The normalized spacial score (nSPS) is 40.3. The molecule has 0 bridgehead atoms. The van der Waals surface area contributed by atoms with E-state index in [0.29, 0.717) is 32.6 Å². The van der Waals surface area contributed by atoms with Gasteiger partial charge in [0.05, 0.1) is 31.0 Å². The molecule has 13 nitrogen and oxygen atoms in total. The van der Waals surface area contributed by atoms with Crippen LogP contribution in [0.1, 0.15) is 60.8 Å². The molecular formula is C31H48N2O11. The van der Waals surface area contributed by atoms with Crippen LogP contribution in [0.4, 0.5) is 4.79 Å². The number of carbonyl (C=O) groups excluding carboxylic acids is 4. The lowest BCUT2D eigenvalue weighted by Gasteiger charge is -2.71. The SMILES string of the molecule is C=C[C@@]1(C)CC(=O)[C@]2(O)[C@@]3(C)[C@@H](O)CCC(C)(C)[C@@H]3[C@H](O)[C@H](OC(=O)COC(=O)CN3CCN(C(=O)OCC)CC3)[C@@]2(C)O1. The summed E-state index contributed by atoms with van der Waals surface area (Å²) in [7, 11) is 0. The van der Waals surface area contributed by atoms with E-state index >= 15 is 0 Å². The third-order valence-electron chi connectivity index (χ3n) is 10.6. The Bertz CT molecular complexity index is 1170. The number of carbonyl (C=O) groups is 4. The summed E-state index contributed by atoms with van der Waals surface area (Å²) in [6, 6.07) is 0. The molecule has 3 N–H and O–H groups in total. The number of aliphatic hydroxyl groups is 3. The zero-order valence-electron chi connectivity index (χ0n) is 26.7. The molecule has 4 rings (SSSR count). The maximum atomic E-state index is 14.0. The van der Waals surface area contributed by atoms with Gasteiger partial charge in [0.1, 0.15) is 5.60 Å². The number of ketones is 1. The number of hydrogen-bond donors (Lipinski definition) is 3. The number of amides is 1. The van der Waals surface area contributed by atoms with Crippen LogP contribution in [0.25, 0.3) is 0 Å². The highest BCUT2D eigenvalue weighted by Gasteiger charge is 2.81. The molecule has 2 aliphatic carbocycles. The summed E-state index contributed by atoms with van der Waals surface area (Å²) >= 11 is 0. The molecule has 2 saturated carbocycles. The number of aliphatic hydroxyl groups excluding tert-OH is 2. The molecule has 0 spiro atoms. The van der Waals surface area contributed by atoms with Gasteiger partial charge in [-0.15, -0.1) is 6.58 Å². The van der Waals surface area contributed by atoms with E-state index in [9.17, 15) is 34.5 Å². The van der Waals surface area contributed by atoms with Crippen molar-refractivity contribution in [1.29, 1.82) is 0 Å². The smallest absolute Gasteiger partial charge is 0.409 e. The third-order valence-corrected chi connectivity index (χ3v) is 10.6. The number of esters is 2. The van der Waals surface area contributed by atoms with Crippen LogP contribution in [0.15, 0.2) is 12.7 Å². The Kier molecular flexibility index (Phi) is 9.33. The lowest BCUT2D eigenvalue weighted by molar-refractivity contribution is -0.370. The molecule has 4 fully saturated rings. The summed E-state index contributed by atoms with van der Waals surface area (Å²) < 4.78 is 22.3. The van der Waals surface area contributed by atoms with Crippen LogP contribution < -0.4 is 0 Å². The van der Waals surface area contributed by atoms with Crippen molar-refractivity contribution in [3.8, 4) is 0 Å². The molecule has 2 saturated heterocycles. The Balaban J connectivity index is 1.51. The number of fused-ring (bicyclic) bond motifs is 3. The van der Waals surface area contributed by atoms with E-state index in [-0.39, 0.29) is 26.0 Å². The molecule has 2 heterocycles. The first-order valence-corrected chi connectivity index (χ1v) is 15.3. The Morgan fingerprint density at radius 2 is 1.68 bits per heavy atom. The lowest BCUT2D eigenvalue weighted by Crippen LogP contribution is -2.86. The van der Waals surface area contributed by atoms with Gasteiger partial charge in [0.15, 0.2) is 24.1 Å². The largest absolute Gasteiger partial charge is 0.454 e. The Hall–Kier alpha value is -2.58. The van der Waals surface area contributed by atoms with Crippen molar-refractivity contribution in [3.05, 3.63) is 12.7 Å². The highest BCUT2D eigenvalue weighted by atomic mass is 16.6. The Labute approximate surface area is 258 Å². The fraction of sp³-hybridized carbons (Fsp3) is 0.806. The maximum absolute atomic E-state index is 14.0. The lowest BCUT2D eigenvalue weighted by atomic mass is 9.40. The zero-order chi connectivity index (χ0) is 32.9. The van der Waals surface area contributed by atoms with E-state index in [1.807, 2.05) is 13.8 Å². The molecule has 0 radical (unpaired) electrons. The van der Waals surface area contributed by atoms with Gasteiger partial charge in [-0.05, 0) is 39.0 Å². The van der Waals surface area contributed by atoms with E-state index in [4.69, 9.17) is 18.9 Å². The topological polar surface area (TPSA) is 172 Å². The maximum Gasteiger partial charge on any atom is 0.409 e. The van der Waals surface area contributed by atoms with Crippen LogP contribution in [0.2, 0.25) is 0 Å². The quantitative estimate of drug-likeness (QED) is 0.207. The average Bonchev–Trinajstić information content (AvgIpc) is 2.95. The molecule has 2 aliphatic heterocycles. The second-order valence-corrected chi connectivity index (χ2v) is 13.9. The Morgan fingerprint density at radius 1 is 1.05 bits per heavy atom. The number of hydrogen-bond acceptors (Lipinski definition) is 12. The first kappa shape index (κ1) is 34.3. The predicted octanol–water partition coefficient (Wildman–Crippen LogP) is 0.817. The monoisotopic (exact) mass is 624 g/mol. The van der Waals surface area contributed by atoms with Gasteiger partial charge in [-0.3, -0.25) is 14.5 Å². The van der Waals surface area contributed by atoms with Crippen molar-refractivity contribution in [2.75, 3.05) is 45.9 Å². The van der Waals surface area contributed by atoms with Crippen LogP contribution in [0.3, 0.4) is 0 Å². The van der Waals surface area contributed by atoms with Gasteiger partial charge in [-0.1, -0.05) is 26.8 Å². The number of nitrogens with zero attached hydrogens (tertiary/aromatic N) is 2. The zero-order valence-corrected chi connectivity index (χ0v) is 26.7. The van der Waals surface area contributed by atoms with Gasteiger partial charge in [0, 0.05) is 43.9 Å². The van der Waals surface area contributed by atoms with Gasteiger partial charge >= 0.3 is 18.0 Å². The van der Waals surface area contributed by atoms with Crippen molar-refractivity contribution in [3.63, 3.8) is 0 Å². The van der Waals surface area contributed by atoms with Crippen molar-refractivity contribution >= 4 is 23.8 Å². The van der Waals surface area contributed by atoms with E-state index in [0.717, 1.165) is 0 Å². The molecule has 0 unspecified atom stereocenters. The molecule has 4 aliphatic rings. The molecule has 44 heavy (non-hydrogen) atoms. The summed E-state index contributed by atoms with van der Waals surface area (Å²) in [5.74, 6) is -3.17. The highest BCUT2D eigenvalue weighted by Crippen LogP contribution is 2.67. The molecule has 13 heteroatoms. The molecule has 0 aromatic carbocycles. The van der Waals surface area contributed by atoms with Crippen LogP contribution >= 0.6 is 0 Å². The van der Waals surface area contributed by atoms with Gasteiger partial charge in [0.25, 0.3) is 0 Å². The summed E-state index contributed by atoms with van der Waals surface area (Å²) in [4.78, 5) is 54.9. The standard InChI is InChI=1S/C31H48N2O11/c1-8-28(5)16-20(35)31(40)29(6)19(34)10-11-27(3,4)24(29)23(38)25(30(31,7)44-28)43-22(37)18-42-21(36)17-32-12-14-33(15-13-32)26(39)41-9-2/h8,19,23-25,34,38,40H,1,9-18H2,2-7H3/t19-,23-,24-,25-,28-,29-,30+,31-/m0/s1. The molecule has 8 atom stereocenters. The molecular weight excluding hydrogens is 576 g/mol. The number of piperazine rings is 1. The van der Waals surface area contributed by atoms with E-state index in [2.05, 4.69) is 6.58 Å². The van der Waals surface area contributed by atoms with Crippen molar-refractivity contribution < 1.29 is 53.4 Å². The first-order valence-electron chi connectivity index (χ1n) is 15.3. The van der Waals surface area contributed by atoms with Crippen molar-refractivity contribution in [2.24, 2.45) is 16.7 Å². The minimum atomic E-state index is -2.35. The summed E-state index contributed by atoms with van der Waals surface area (Å²) in [5.41, 5.74) is -7.82. The summed E-state index contributed by atoms with van der Waals surface area (Å²) in [6.45, 7) is 14.8. The van der Waals surface area contributed by atoms with E-state index in [1.165, 1.54) is 13.0 Å². The fourth-order valence-corrected chi connectivity index (χ4v) is 8.33. The van der Waals surface area contributed by atoms with Crippen LogP contribution in [-0.4, -0.2) is 130 Å². The molecule has 248 valence electrons. The molecule has 0 aromatic heterocycles. The summed E-state index contributed by atoms with van der Waals surface area (Å²) in [5, 5.41) is 35.8. The minimum absolute atomic E-state index is 0.116. The minimum Gasteiger partial charge on any atom is -0.454 e. The number of ether oxygens (including phenoxy) is 4. The van der Waals surface area contributed by atoms with Gasteiger partial charge in [-0.25, -0.2) is 9.59 Å². The van der Waals surface area contributed by atoms with Crippen molar-refractivity contribution in [2.45, 2.75) is 95.9 Å². The number of rotatable bonds is 7. The third kappa shape index (κ3) is 5.44. The van der Waals surface area contributed by atoms with Gasteiger partial charge in [-0.2, -0.15) is 0 Å². The van der Waals surface area contributed by atoms with Crippen LogP contribution in [0.5, 0.6) is 0 Å². The highest BCUT2D eigenvalue weighted by molar-refractivity contribution is 5.92. The molecule has 0 aromatic rings. The van der Waals surface area contributed by atoms with E-state index < -0.39 is 82.3 Å². The predicted molar refractivity (Wildman–Crippen MR) is 155 cm³/mol. The first-order chi connectivity index (χ1) is 20.4. The van der Waals surface area contributed by atoms with Crippen LogP contribution in [-0.2, 0) is 33.3 Å². The van der Waals surface area contributed by atoms with Crippen molar-refractivity contribution in [1.82, 2.24) is 9.80 Å². The summed E-state index contributed by atoms with van der Waals surface area (Å²) in [6.07, 6.45) is -2.61. The second kappa shape index (κ2) is 12.0. The second-order valence-electron chi connectivity index (χ2n) is 13.9. The Morgan fingerprint density at radius 3 is 2.27 bits per heavy atom. The van der Waals surface area contributed by atoms with E-state index in [1.54, 1.807) is 30.6 Å². The average molecular weight is 625 g/mol.